The van der Waals surface area contributed by atoms with E-state index in [1.807, 2.05) is 12.1 Å². The van der Waals surface area contributed by atoms with E-state index in [0.717, 1.165) is 71.4 Å². The van der Waals surface area contributed by atoms with Crippen LogP contribution in [0.5, 0.6) is 0 Å². The first kappa shape index (κ1) is 33.5. The zero-order valence-corrected chi connectivity index (χ0v) is 27.8. The van der Waals surface area contributed by atoms with Gasteiger partial charge in [0.2, 0.25) is 0 Å². The van der Waals surface area contributed by atoms with Gasteiger partial charge in [0, 0.05) is 29.4 Å². The lowest BCUT2D eigenvalue weighted by Crippen LogP contribution is -2.39. The number of aromatic amines is 1. The summed E-state index contributed by atoms with van der Waals surface area (Å²) in [5.74, 6) is 6.89. The zero-order valence-electron chi connectivity index (χ0n) is 27.8. The third-order valence-electron chi connectivity index (χ3n) is 8.19. The van der Waals surface area contributed by atoms with Crippen LogP contribution in [0.3, 0.4) is 0 Å². The number of unbranched alkanes of at least 4 members (excludes halogenated alkanes) is 1. The molecule has 2 amide bonds. The highest BCUT2D eigenvalue weighted by atomic mass is 16.2. The molecule has 0 radical (unpaired) electrons. The summed E-state index contributed by atoms with van der Waals surface area (Å²) < 4.78 is 0. The molecule has 0 saturated heterocycles. The second kappa shape index (κ2) is 15.5. The van der Waals surface area contributed by atoms with Gasteiger partial charge in [0.05, 0.1) is 6.54 Å². The van der Waals surface area contributed by atoms with Gasteiger partial charge in [-0.05, 0) is 96.1 Å². The third kappa shape index (κ3) is 8.20. The molecule has 0 saturated carbocycles. The standard InChI is InChI=1S/C38H47N5O2/c1-8-11-22-43(34-25-30-15-12-20-39-36(30)41-37(34)44)38(45)40-35-32(26(4)5)23-31(24-33(35)27(6)7)29-18-16-28(17-19-29)14-13-21-42(9-2)10-3/h12,15-20,23-27H,8-11,21-22H2,1-7H3,(H,40,45)(H,39,41,44). The number of rotatable bonds is 11. The number of urea groups is 1. The van der Waals surface area contributed by atoms with E-state index in [2.05, 4.69) is 117 Å². The number of carbonyl (C=O) groups excluding carboxylic acids is 1. The molecule has 0 bridgehead atoms. The maximum atomic E-state index is 14.0. The van der Waals surface area contributed by atoms with Crippen molar-refractivity contribution in [3.05, 3.63) is 87.8 Å². The van der Waals surface area contributed by atoms with Gasteiger partial charge in [-0.3, -0.25) is 14.6 Å². The second-order valence-corrected chi connectivity index (χ2v) is 12.0. The van der Waals surface area contributed by atoms with Crippen molar-refractivity contribution < 1.29 is 4.79 Å². The molecule has 0 atom stereocenters. The highest BCUT2D eigenvalue weighted by molar-refractivity contribution is 6.03. The minimum atomic E-state index is -0.336. The van der Waals surface area contributed by atoms with E-state index in [1.54, 1.807) is 17.2 Å². The first-order valence-corrected chi connectivity index (χ1v) is 16.2. The lowest BCUT2D eigenvalue weighted by Gasteiger charge is -2.27. The Hall–Kier alpha value is -4.41. The largest absolute Gasteiger partial charge is 0.326 e. The number of hydrogen-bond acceptors (Lipinski definition) is 4. The molecule has 0 aliphatic rings. The number of pyridine rings is 2. The van der Waals surface area contributed by atoms with E-state index in [-0.39, 0.29) is 23.4 Å². The Balaban J connectivity index is 1.69. The zero-order chi connectivity index (χ0) is 32.5. The predicted molar refractivity (Wildman–Crippen MR) is 188 cm³/mol. The van der Waals surface area contributed by atoms with Crippen LogP contribution in [0.15, 0.2) is 65.6 Å². The first-order valence-electron chi connectivity index (χ1n) is 16.2. The summed E-state index contributed by atoms with van der Waals surface area (Å²) in [5, 5.41) is 4.03. The molecule has 236 valence electrons. The number of aromatic nitrogens is 2. The van der Waals surface area contributed by atoms with Gasteiger partial charge in [0.25, 0.3) is 5.56 Å². The van der Waals surface area contributed by atoms with Crippen molar-refractivity contribution in [2.75, 3.05) is 36.4 Å². The minimum absolute atomic E-state index is 0.155. The van der Waals surface area contributed by atoms with Crippen LogP contribution in [-0.4, -0.2) is 47.1 Å². The van der Waals surface area contributed by atoms with E-state index < -0.39 is 0 Å². The van der Waals surface area contributed by atoms with Gasteiger partial charge < -0.3 is 10.3 Å². The van der Waals surface area contributed by atoms with Crippen LogP contribution < -0.4 is 15.8 Å². The Bertz CT molecular complexity index is 1690. The minimum Gasteiger partial charge on any atom is -0.307 e. The van der Waals surface area contributed by atoms with E-state index >= 15 is 0 Å². The van der Waals surface area contributed by atoms with Crippen LogP contribution in [0.4, 0.5) is 16.2 Å². The van der Waals surface area contributed by atoms with Gasteiger partial charge in [0.15, 0.2) is 0 Å². The van der Waals surface area contributed by atoms with E-state index in [0.29, 0.717) is 17.9 Å². The molecule has 4 aromatic rings. The molecule has 4 rings (SSSR count). The third-order valence-corrected chi connectivity index (χ3v) is 8.19. The Morgan fingerprint density at radius 3 is 2.20 bits per heavy atom. The predicted octanol–water partition coefficient (Wildman–Crippen LogP) is 8.37. The van der Waals surface area contributed by atoms with Crippen LogP contribution >= 0.6 is 0 Å². The fourth-order valence-electron chi connectivity index (χ4n) is 5.40. The first-order chi connectivity index (χ1) is 21.7. The van der Waals surface area contributed by atoms with Crippen LogP contribution in [0.25, 0.3) is 22.2 Å². The van der Waals surface area contributed by atoms with E-state index in [4.69, 9.17) is 0 Å². The topological polar surface area (TPSA) is 81.3 Å². The molecule has 2 aromatic heterocycles. The maximum absolute atomic E-state index is 14.0. The van der Waals surface area contributed by atoms with Crippen LogP contribution in [-0.2, 0) is 0 Å². The molecule has 2 heterocycles. The number of carbonyl (C=O) groups is 1. The highest BCUT2D eigenvalue weighted by Crippen LogP contribution is 2.37. The summed E-state index contributed by atoms with van der Waals surface area (Å²) in [6, 6.07) is 17.9. The SMILES string of the molecule is CCCCN(C(=O)Nc1c(C(C)C)cc(-c2ccc(C#CCN(CC)CC)cc2)cc1C(C)C)c1cc2cccnc2[nH]c1=O. The van der Waals surface area contributed by atoms with E-state index in [1.165, 1.54) is 0 Å². The average Bonchev–Trinajstić information content (AvgIpc) is 3.03. The molecule has 0 unspecified atom stereocenters. The Labute approximate surface area is 268 Å². The lowest BCUT2D eigenvalue weighted by molar-refractivity contribution is 0.256. The number of benzene rings is 2. The Kier molecular flexibility index (Phi) is 11.6. The number of nitrogens with zero attached hydrogens (tertiary/aromatic N) is 3. The molecular formula is C38H47N5O2. The van der Waals surface area contributed by atoms with Gasteiger partial charge >= 0.3 is 6.03 Å². The van der Waals surface area contributed by atoms with Gasteiger partial charge in [-0.25, -0.2) is 9.78 Å². The molecule has 2 N–H and O–H groups in total. The molecule has 0 fully saturated rings. The van der Waals surface area contributed by atoms with Gasteiger partial charge in [-0.1, -0.05) is 78.9 Å². The summed E-state index contributed by atoms with van der Waals surface area (Å²) in [5.41, 5.74) is 6.60. The Morgan fingerprint density at radius 1 is 0.933 bits per heavy atom. The van der Waals surface area contributed by atoms with Crippen molar-refractivity contribution in [3.8, 4) is 23.0 Å². The van der Waals surface area contributed by atoms with Crippen molar-refractivity contribution in [3.63, 3.8) is 0 Å². The molecule has 7 heteroatoms. The molecule has 0 aliphatic heterocycles. The fourth-order valence-corrected chi connectivity index (χ4v) is 5.40. The number of anilines is 2. The second-order valence-electron chi connectivity index (χ2n) is 12.0. The normalized spacial score (nSPS) is 11.2. The van der Waals surface area contributed by atoms with Crippen molar-refractivity contribution in [1.29, 1.82) is 0 Å². The Morgan fingerprint density at radius 2 is 1.60 bits per heavy atom. The maximum Gasteiger partial charge on any atom is 0.326 e. The van der Waals surface area contributed by atoms with Crippen LogP contribution in [0, 0.1) is 11.8 Å². The number of hydrogen-bond donors (Lipinski definition) is 2. The average molecular weight is 606 g/mol. The number of H-pyrrole nitrogens is 1. The molecule has 0 aliphatic carbocycles. The van der Waals surface area contributed by atoms with Gasteiger partial charge in [0.1, 0.15) is 11.3 Å². The number of nitrogens with one attached hydrogen (secondary N) is 2. The van der Waals surface area contributed by atoms with Crippen molar-refractivity contribution in [1.82, 2.24) is 14.9 Å². The monoisotopic (exact) mass is 605 g/mol. The summed E-state index contributed by atoms with van der Waals surface area (Å²) in [6.45, 7) is 18.1. The van der Waals surface area contributed by atoms with Crippen molar-refractivity contribution in [2.24, 2.45) is 0 Å². The van der Waals surface area contributed by atoms with Gasteiger partial charge in [-0.15, -0.1) is 0 Å². The highest BCUT2D eigenvalue weighted by Gasteiger charge is 2.24. The summed E-state index contributed by atoms with van der Waals surface area (Å²) >= 11 is 0. The molecule has 7 nitrogen and oxygen atoms in total. The summed E-state index contributed by atoms with van der Waals surface area (Å²) in [7, 11) is 0. The molecule has 2 aromatic carbocycles. The molecular weight excluding hydrogens is 558 g/mol. The molecule has 45 heavy (non-hydrogen) atoms. The summed E-state index contributed by atoms with van der Waals surface area (Å²) in [4.78, 5) is 38.2. The lowest BCUT2D eigenvalue weighted by atomic mass is 9.88. The van der Waals surface area contributed by atoms with Gasteiger partial charge in [-0.2, -0.15) is 0 Å². The smallest absolute Gasteiger partial charge is 0.307 e. The molecule has 0 spiro atoms. The van der Waals surface area contributed by atoms with E-state index in [9.17, 15) is 9.59 Å². The summed E-state index contributed by atoms with van der Waals surface area (Å²) in [6.07, 6.45) is 3.29. The fraction of sp³-hybridized carbons (Fsp3) is 0.395. The van der Waals surface area contributed by atoms with Crippen LogP contribution in [0.2, 0.25) is 0 Å². The van der Waals surface area contributed by atoms with Crippen LogP contribution in [0.1, 0.15) is 89.8 Å². The number of fused-ring (bicyclic) bond motifs is 1. The number of amides is 2. The van der Waals surface area contributed by atoms with Crippen molar-refractivity contribution >= 4 is 28.4 Å². The van der Waals surface area contributed by atoms with Crippen molar-refractivity contribution in [2.45, 2.75) is 73.1 Å². The quantitative estimate of drug-likeness (QED) is 0.168.